The van der Waals surface area contributed by atoms with Gasteiger partial charge in [-0.05, 0) is 48.9 Å². The first-order valence-corrected chi connectivity index (χ1v) is 4.90. The Morgan fingerprint density at radius 3 is 2.20 bits per heavy atom. The summed E-state index contributed by atoms with van der Waals surface area (Å²) >= 11 is 0. The minimum absolute atomic E-state index is 1.16. The van der Waals surface area contributed by atoms with Crippen molar-refractivity contribution in [1.82, 2.24) is 0 Å². The first-order chi connectivity index (χ1) is 4.90. The van der Waals surface area contributed by atoms with Crippen LogP contribution in [0.5, 0.6) is 0 Å². The fourth-order valence-electron chi connectivity index (χ4n) is 3.15. The van der Waals surface area contributed by atoms with Crippen LogP contribution in [0, 0.1) is 29.6 Å². The van der Waals surface area contributed by atoms with E-state index in [9.17, 15) is 0 Å². The molecule has 3 aliphatic carbocycles. The van der Waals surface area contributed by atoms with E-state index in [4.69, 9.17) is 0 Å². The third-order valence-corrected chi connectivity index (χ3v) is 4.15. The Kier molecular flexibility index (Phi) is 0.898. The highest BCUT2D eigenvalue weighted by Crippen LogP contribution is 2.68. The number of hydrogen-bond acceptors (Lipinski definition) is 0. The second-order valence-electron chi connectivity index (χ2n) is 4.63. The molecule has 5 unspecified atom stereocenters. The lowest BCUT2D eigenvalue weighted by atomic mass is 9.81. The zero-order valence-electron chi connectivity index (χ0n) is 6.72. The Morgan fingerprint density at radius 1 is 1.00 bits per heavy atom. The van der Waals surface area contributed by atoms with E-state index in [0.717, 1.165) is 5.92 Å². The van der Waals surface area contributed by atoms with Gasteiger partial charge in [-0.2, -0.15) is 0 Å². The molecule has 0 radical (unpaired) electrons. The minimum Gasteiger partial charge on any atom is -0.0651 e. The predicted molar refractivity (Wildman–Crippen MR) is 41.6 cm³/mol. The maximum absolute atomic E-state index is 2.35. The summed E-state index contributed by atoms with van der Waals surface area (Å²) in [6.45, 7) is 2.35. The highest BCUT2D eigenvalue weighted by Gasteiger charge is 2.60. The highest BCUT2D eigenvalue weighted by atomic mass is 14.6. The van der Waals surface area contributed by atoms with Gasteiger partial charge in [-0.1, -0.05) is 13.3 Å². The van der Waals surface area contributed by atoms with Crippen LogP contribution < -0.4 is 0 Å². The van der Waals surface area contributed by atoms with Crippen molar-refractivity contribution in [2.24, 2.45) is 29.6 Å². The van der Waals surface area contributed by atoms with Crippen LogP contribution in [0.2, 0.25) is 0 Å². The summed E-state index contributed by atoms with van der Waals surface area (Å²) in [6, 6.07) is 0. The SMILES string of the molecule is CCC1CC1C1CC2CC21. The molecule has 3 rings (SSSR count). The molecule has 3 aliphatic rings. The van der Waals surface area contributed by atoms with E-state index in [2.05, 4.69) is 6.92 Å². The summed E-state index contributed by atoms with van der Waals surface area (Å²) in [5.74, 6) is 6.04. The van der Waals surface area contributed by atoms with Crippen LogP contribution in [0.25, 0.3) is 0 Å². The fraction of sp³-hybridized carbons (Fsp3) is 1.00. The third-order valence-electron chi connectivity index (χ3n) is 4.15. The summed E-state index contributed by atoms with van der Waals surface area (Å²) in [7, 11) is 0. The predicted octanol–water partition coefficient (Wildman–Crippen LogP) is 2.69. The molecule has 0 N–H and O–H groups in total. The normalized spacial score (nSPS) is 62.7. The number of hydrogen-bond donors (Lipinski definition) is 0. The van der Waals surface area contributed by atoms with E-state index in [1.807, 2.05) is 0 Å². The molecule has 0 spiro atoms. The summed E-state index contributed by atoms with van der Waals surface area (Å²) < 4.78 is 0. The Hall–Kier alpha value is 0. The van der Waals surface area contributed by atoms with Crippen molar-refractivity contribution in [2.45, 2.75) is 32.6 Å². The summed E-state index contributed by atoms with van der Waals surface area (Å²) in [4.78, 5) is 0. The van der Waals surface area contributed by atoms with Crippen molar-refractivity contribution in [2.75, 3.05) is 0 Å². The lowest BCUT2D eigenvalue weighted by Crippen LogP contribution is -2.18. The van der Waals surface area contributed by atoms with Gasteiger partial charge in [-0.15, -0.1) is 0 Å². The van der Waals surface area contributed by atoms with Gasteiger partial charge in [0.2, 0.25) is 0 Å². The van der Waals surface area contributed by atoms with E-state index in [0.29, 0.717) is 0 Å². The maximum Gasteiger partial charge on any atom is -0.0349 e. The van der Waals surface area contributed by atoms with Crippen LogP contribution in [0.4, 0.5) is 0 Å². The minimum atomic E-state index is 1.16. The Labute approximate surface area is 63.0 Å². The Balaban J connectivity index is 1.60. The quantitative estimate of drug-likeness (QED) is 0.547. The smallest absolute Gasteiger partial charge is 0.0349 e. The molecule has 0 aliphatic heterocycles. The van der Waals surface area contributed by atoms with Gasteiger partial charge in [0, 0.05) is 0 Å². The molecule has 0 aromatic heterocycles. The van der Waals surface area contributed by atoms with Crippen LogP contribution in [0.3, 0.4) is 0 Å². The summed E-state index contributed by atoms with van der Waals surface area (Å²) in [5, 5.41) is 0. The molecule has 0 heteroatoms. The highest BCUT2D eigenvalue weighted by molar-refractivity contribution is 5.09. The topological polar surface area (TPSA) is 0 Å². The first-order valence-electron chi connectivity index (χ1n) is 4.90. The van der Waals surface area contributed by atoms with Crippen LogP contribution in [0.15, 0.2) is 0 Å². The van der Waals surface area contributed by atoms with Gasteiger partial charge in [0.05, 0.1) is 0 Å². The van der Waals surface area contributed by atoms with Gasteiger partial charge in [-0.3, -0.25) is 0 Å². The molecule has 3 fully saturated rings. The monoisotopic (exact) mass is 136 g/mol. The average molecular weight is 136 g/mol. The molecule has 0 amide bonds. The second kappa shape index (κ2) is 1.60. The summed E-state index contributed by atoms with van der Waals surface area (Å²) in [6.07, 6.45) is 6.27. The zero-order valence-corrected chi connectivity index (χ0v) is 6.72. The van der Waals surface area contributed by atoms with Crippen molar-refractivity contribution in [3.8, 4) is 0 Å². The molecule has 0 heterocycles. The van der Waals surface area contributed by atoms with E-state index in [1.54, 1.807) is 19.3 Å². The molecular weight excluding hydrogens is 120 g/mol. The lowest BCUT2D eigenvalue weighted by molar-refractivity contribution is 0.241. The van der Waals surface area contributed by atoms with Crippen LogP contribution in [0.1, 0.15) is 32.6 Å². The van der Waals surface area contributed by atoms with Crippen molar-refractivity contribution in [3.63, 3.8) is 0 Å². The fourth-order valence-corrected chi connectivity index (χ4v) is 3.15. The molecule has 3 saturated carbocycles. The average Bonchev–Trinajstić information content (AvgIpc) is 2.74. The van der Waals surface area contributed by atoms with Crippen molar-refractivity contribution in [3.05, 3.63) is 0 Å². The molecule has 10 heavy (non-hydrogen) atoms. The number of rotatable bonds is 2. The van der Waals surface area contributed by atoms with Crippen LogP contribution in [-0.2, 0) is 0 Å². The number of fused-ring (bicyclic) bond motifs is 1. The molecule has 0 bridgehead atoms. The molecular formula is C10H16. The Morgan fingerprint density at radius 2 is 1.80 bits per heavy atom. The van der Waals surface area contributed by atoms with Crippen LogP contribution in [-0.4, -0.2) is 0 Å². The second-order valence-corrected chi connectivity index (χ2v) is 4.63. The van der Waals surface area contributed by atoms with E-state index in [1.165, 1.54) is 30.1 Å². The van der Waals surface area contributed by atoms with Gasteiger partial charge in [0.15, 0.2) is 0 Å². The van der Waals surface area contributed by atoms with Crippen molar-refractivity contribution >= 4 is 0 Å². The third kappa shape index (κ3) is 0.580. The standard InChI is InChI=1S/C10H16/c1-2-6-3-8(6)10-5-7-4-9(7)10/h6-10H,2-5H2,1H3. The van der Waals surface area contributed by atoms with E-state index < -0.39 is 0 Å². The molecule has 0 nitrogen and oxygen atoms in total. The molecule has 56 valence electrons. The molecule has 0 aromatic rings. The molecule has 5 atom stereocenters. The van der Waals surface area contributed by atoms with Gasteiger partial charge >= 0.3 is 0 Å². The Bertz CT molecular complexity index is 161. The maximum atomic E-state index is 2.35. The molecule has 0 saturated heterocycles. The van der Waals surface area contributed by atoms with Gasteiger partial charge in [0.25, 0.3) is 0 Å². The summed E-state index contributed by atoms with van der Waals surface area (Å²) in [5.41, 5.74) is 0. The van der Waals surface area contributed by atoms with E-state index >= 15 is 0 Å². The molecule has 0 aromatic carbocycles. The van der Waals surface area contributed by atoms with Crippen molar-refractivity contribution in [1.29, 1.82) is 0 Å². The van der Waals surface area contributed by atoms with Crippen molar-refractivity contribution < 1.29 is 0 Å². The lowest BCUT2D eigenvalue weighted by Gasteiger charge is -2.24. The van der Waals surface area contributed by atoms with Crippen LogP contribution >= 0.6 is 0 Å². The van der Waals surface area contributed by atoms with E-state index in [-0.39, 0.29) is 0 Å². The van der Waals surface area contributed by atoms with Gasteiger partial charge < -0.3 is 0 Å². The largest absolute Gasteiger partial charge is 0.0651 e. The first kappa shape index (κ1) is 5.62. The van der Waals surface area contributed by atoms with Gasteiger partial charge in [-0.25, -0.2) is 0 Å². The zero-order chi connectivity index (χ0) is 6.72. The van der Waals surface area contributed by atoms with Gasteiger partial charge in [0.1, 0.15) is 0 Å².